The molecule has 0 aliphatic rings. The number of benzene rings is 1. The fraction of sp³-hybridized carbons (Fsp3) is 0.357. The maximum atomic E-state index is 13.1. The van der Waals surface area contributed by atoms with E-state index in [2.05, 4.69) is 24.1 Å². The van der Waals surface area contributed by atoms with E-state index in [-0.39, 0.29) is 5.82 Å². The summed E-state index contributed by atoms with van der Waals surface area (Å²) in [4.78, 5) is 5.64. The summed E-state index contributed by atoms with van der Waals surface area (Å²) in [6.45, 7) is 7.05. The minimum atomic E-state index is -0.200. The molecule has 0 radical (unpaired) electrons. The molecule has 0 saturated heterocycles. The van der Waals surface area contributed by atoms with Gasteiger partial charge in [-0.1, -0.05) is 6.92 Å². The van der Waals surface area contributed by atoms with E-state index in [1.54, 1.807) is 23.5 Å². The quantitative estimate of drug-likeness (QED) is 0.905. The highest BCUT2D eigenvalue weighted by molar-refractivity contribution is 7.15. The molecule has 1 atom stereocenters. The average molecular weight is 264 g/mol. The van der Waals surface area contributed by atoms with Gasteiger partial charge in [-0.25, -0.2) is 9.37 Å². The molecule has 4 heteroatoms. The third-order valence-corrected chi connectivity index (χ3v) is 4.09. The predicted molar refractivity (Wildman–Crippen MR) is 74.3 cm³/mol. The lowest BCUT2D eigenvalue weighted by molar-refractivity contribution is 0.606. The van der Waals surface area contributed by atoms with Crippen molar-refractivity contribution >= 4 is 11.3 Å². The van der Waals surface area contributed by atoms with E-state index in [0.29, 0.717) is 6.04 Å². The van der Waals surface area contributed by atoms with E-state index in [0.717, 1.165) is 22.7 Å². The SMILES string of the molecule is CCNC(C)c1cnc(-c2ccc(F)cc2C)s1. The number of hydrogen-bond acceptors (Lipinski definition) is 3. The van der Waals surface area contributed by atoms with Crippen molar-refractivity contribution in [1.29, 1.82) is 0 Å². The zero-order valence-corrected chi connectivity index (χ0v) is 11.6. The van der Waals surface area contributed by atoms with Crippen LogP contribution in [0.15, 0.2) is 24.4 Å². The lowest BCUT2D eigenvalue weighted by Gasteiger charge is -2.08. The first-order valence-corrected chi connectivity index (χ1v) is 6.89. The molecule has 0 spiro atoms. The summed E-state index contributed by atoms with van der Waals surface area (Å²) in [6.07, 6.45) is 1.90. The molecule has 0 amide bonds. The van der Waals surface area contributed by atoms with E-state index in [4.69, 9.17) is 0 Å². The zero-order valence-electron chi connectivity index (χ0n) is 10.8. The molecule has 0 aliphatic carbocycles. The molecule has 1 N–H and O–H groups in total. The van der Waals surface area contributed by atoms with Crippen LogP contribution in [0, 0.1) is 12.7 Å². The molecule has 1 aromatic heterocycles. The summed E-state index contributed by atoms with van der Waals surface area (Å²) in [5.41, 5.74) is 1.93. The fourth-order valence-electron chi connectivity index (χ4n) is 1.89. The highest BCUT2D eigenvalue weighted by atomic mass is 32.1. The number of nitrogens with zero attached hydrogens (tertiary/aromatic N) is 1. The van der Waals surface area contributed by atoms with Crippen molar-refractivity contribution in [3.05, 3.63) is 40.7 Å². The zero-order chi connectivity index (χ0) is 13.1. The summed E-state index contributed by atoms with van der Waals surface area (Å²) >= 11 is 1.66. The Morgan fingerprint density at radius 3 is 2.89 bits per heavy atom. The maximum absolute atomic E-state index is 13.1. The lowest BCUT2D eigenvalue weighted by Crippen LogP contribution is -2.16. The summed E-state index contributed by atoms with van der Waals surface area (Å²) in [6, 6.07) is 5.13. The van der Waals surface area contributed by atoms with Gasteiger partial charge in [0.25, 0.3) is 0 Å². The van der Waals surface area contributed by atoms with Crippen LogP contribution < -0.4 is 5.32 Å². The molecule has 0 saturated carbocycles. The molecule has 0 fully saturated rings. The Morgan fingerprint density at radius 1 is 1.44 bits per heavy atom. The van der Waals surface area contributed by atoms with Gasteiger partial charge < -0.3 is 5.32 Å². The van der Waals surface area contributed by atoms with Crippen LogP contribution in [0.1, 0.15) is 30.3 Å². The molecular weight excluding hydrogens is 247 g/mol. The average Bonchev–Trinajstić information content (AvgIpc) is 2.78. The van der Waals surface area contributed by atoms with Crippen LogP contribution in [0.2, 0.25) is 0 Å². The third-order valence-electron chi connectivity index (χ3n) is 2.88. The van der Waals surface area contributed by atoms with Gasteiger partial charge in [0, 0.05) is 22.7 Å². The number of thiazole rings is 1. The standard InChI is InChI=1S/C14H17FN2S/c1-4-16-10(3)13-8-17-14(18-13)12-6-5-11(15)7-9(12)2/h5-8,10,16H,4H2,1-3H3. The van der Waals surface area contributed by atoms with Crippen LogP contribution in [-0.2, 0) is 0 Å². The summed E-state index contributed by atoms with van der Waals surface area (Å²) < 4.78 is 13.1. The first-order chi connectivity index (χ1) is 8.61. The molecule has 2 rings (SSSR count). The summed E-state index contributed by atoms with van der Waals surface area (Å²) in [7, 11) is 0. The van der Waals surface area contributed by atoms with Crippen molar-refractivity contribution in [1.82, 2.24) is 10.3 Å². The van der Waals surface area contributed by atoms with Crippen LogP contribution in [-0.4, -0.2) is 11.5 Å². The van der Waals surface area contributed by atoms with E-state index in [1.807, 2.05) is 13.1 Å². The van der Waals surface area contributed by atoms with Gasteiger partial charge in [0.2, 0.25) is 0 Å². The van der Waals surface area contributed by atoms with Crippen LogP contribution >= 0.6 is 11.3 Å². The first-order valence-electron chi connectivity index (χ1n) is 6.07. The Labute approximate surface area is 111 Å². The molecule has 1 unspecified atom stereocenters. The molecule has 2 nitrogen and oxygen atoms in total. The fourth-order valence-corrected chi connectivity index (χ4v) is 2.92. The Morgan fingerprint density at radius 2 is 2.22 bits per heavy atom. The largest absolute Gasteiger partial charge is 0.310 e. The number of halogens is 1. The lowest BCUT2D eigenvalue weighted by atomic mass is 10.1. The van der Waals surface area contributed by atoms with Crippen molar-refractivity contribution in [2.24, 2.45) is 0 Å². The number of rotatable bonds is 4. The van der Waals surface area contributed by atoms with Crippen LogP contribution in [0.5, 0.6) is 0 Å². The van der Waals surface area contributed by atoms with E-state index in [1.165, 1.54) is 10.9 Å². The smallest absolute Gasteiger partial charge is 0.123 e. The highest BCUT2D eigenvalue weighted by Gasteiger charge is 2.11. The third kappa shape index (κ3) is 2.76. The minimum absolute atomic E-state index is 0.200. The molecule has 2 aromatic rings. The van der Waals surface area contributed by atoms with Crippen LogP contribution in [0.4, 0.5) is 4.39 Å². The van der Waals surface area contributed by atoms with Gasteiger partial charge in [-0.15, -0.1) is 11.3 Å². The van der Waals surface area contributed by atoms with Crippen molar-refractivity contribution < 1.29 is 4.39 Å². The Balaban J connectivity index is 2.29. The van der Waals surface area contributed by atoms with E-state index >= 15 is 0 Å². The molecule has 1 heterocycles. The Kier molecular flexibility index (Phi) is 4.09. The second kappa shape index (κ2) is 5.59. The van der Waals surface area contributed by atoms with Gasteiger partial charge in [-0.2, -0.15) is 0 Å². The van der Waals surface area contributed by atoms with Gasteiger partial charge in [0.15, 0.2) is 0 Å². The van der Waals surface area contributed by atoms with Crippen molar-refractivity contribution in [3.8, 4) is 10.6 Å². The highest BCUT2D eigenvalue weighted by Crippen LogP contribution is 2.30. The van der Waals surface area contributed by atoms with E-state index in [9.17, 15) is 4.39 Å². The van der Waals surface area contributed by atoms with Crippen LogP contribution in [0.25, 0.3) is 10.6 Å². The van der Waals surface area contributed by atoms with Gasteiger partial charge in [0.05, 0.1) is 0 Å². The predicted octanol–water partition coefficient (Wildman–Crippen LogP) is 3.93. The minimum Gasteiger partial charge on any atom is -0.310 e. The topological polar surface area (TPSA) is 24.9 Å². The summed E-state index contributed by atoms with van der Waals surface area (Å²) in [5, 5.41) is 4.31. The Bertz CT molecular complexity index is 536. The second-order valence-electron chi connectivity index (χ2n) is 4.31. The van der Waals surface area contributed by atoms with Gasteiger partial charge >= 0.3 is 0 Å². The molecule has 0 aliphatic heterocycles. The number of hydrogen-bond donors (Lipinski definition) is 1. The van der Waals surface area contributed by atoms with Crippen molar-refractivity contribution in [3.63, 3.8) is 0 Å². The van der Waals surface area contributed by atoms with Crippen LogP contribution in [0.3, 0.4) is 0 Å². The summed E-state index contributed by atoms with van der Waals surface area (Å²) in [5.74, 6) is -0.200. The molecular formula is C14H17FN2S. The van der Waals surface area contributed by atoms with Crippen molar-refractivity contribution in [2.75, 3.05) is 6.54 Å². The number of aromatic nitrogens is 1. The first kappa shape index (κ1) is 13.2. The number of nitrogens with one attached hydrogen (secondary N) is 1. The van der Waals surface area contributed by atoms with Gasteiger partial charge in [0.1, 0.15) is 10.8 Å². The second-order valence-corrected chi connectivity index (χ2v) is 5.37. The molecule has 1 aromatic carbocycles. The number of aryl methyl sites for hydroxylation is 1. The molecule has 18 heavy (non-hydrogen) atoms. The normalized spacial score (nSPS) is 12.7. The van der Waals surface area contributed by atoms with Gasteiger partial charge in [-0.05, 0) is 44.2 Å². The molecule has 0 bridgehead atoms. The van der Waals surface area contributed by atoms with Crippen molar-refractivity contribution in [2.45, 2.75) is 26.8 Å². The van der Waals surface area contributed by atoms with E-state index < -0.39 is 0 Å². The monoisotopic (exact) mass is 264 g/mol. The Hall–Kier alpha value is -1.26. The molecule has 96 valence electrons. The maximum Gasteiger partial charge on any atom is 0.123 e. The van der Waals surface area contributed by atoms with Gasteiger partial charge in [-0.3, -0.25) is 0 Å².